The Morgan fingerprint density at radius 3 is 2.15 bits per heavy atom. The molecule has 6 heteroatoms. The molecular formula is C27H25ClO5. The van der Waals surface area contributed by atoms with Crippen LogP contribution in [0.4, 0.5) is 0 Å². The molecule has 33 heavy (non-hydrogen) atoms. The Hall–Kier alpha value is -3.15. The Balaban J connectivity index is 1.37. The van der Waals surface area contributed by atoms with Gasteiger partial charge in [0.15, 0.2) is 12.6 Å². The molecule has 0 radical (unpaired) electrons. The summed E-state index contributed by atoms with van der Waals surface area (Å²) in [6, 6.07) is 24.0. The number of hydrogen-bond acceptors (Lipinski definition) is 4. The molecule has 0 aliphatic heterocycles. The molecule has 170 valence electrons. The maximum Gasteiger partial charge on any atom is 0.307 e. The summed E-state index contributed by atoms with van der Waals surface area (Å²) in [5, 5.41) is 10.5. The standard InChI is InChI=1S/C27H25ClO5/c28-22-13-10-19(11-14-22)18-6-8-20(9-7-18)26(29)24-15-12-21(25(24)27(30)31)16-32-17-33-23-4-2-1-3-5-23/h1-11,13-14,21,24-25H,12,15-17H2,(H,30,31). The van der Waals surface area contributed by atoms with E-state index < -0.39 is 17.8 Å². The second kappa shape index (κ2) is 10.6. The van der Waals surface area contributed by atoms with E-state index in [0.29, 0.717) is 29.2 Å². The molecule has 4 rings (SSSR count). The molecule has 1 fully saturated rings. The summed E-state index contributed by atoms with van der Waals surface area (Å²) in [6.45, 7) is 0.278. The summed E-state index contributed by atoms with van der Waals surface area (Å²) in [7, 11) is 0. The van der Waals surface area contributed by atoms with Gasteiger partial charge >= 0.3 is 5.97 Å². The Labute approximate surface area is 197 Å². The van der Waals surface area contributed by atoms with E-state index in [1.165, 1.54) is 0 Å². The van der Waals surface area contributed by atoms with Gasteiger partial charge in [-0.2, -0.15) is 0 Å². The Kier molecular flexibility index (Phi) is 7.43. The van der Waals surface area contributed by atoms with Crippen LogP contribution >= 0.6 is 11.6 Å². The monoisotopic (exact) mass is 464 g/mol. The highest BCUT2D eigenvalue weighted by atomic mass is 35.5. The van der Waals surface area contributed by atoms with Crippen molar-refractivity contribution in [1.82, 2.24) is 0 Å². The van der Waals surface area contributed by atoms with Crippen molar-refractivity contribution in [3.8, 4) is 16.9 Å². The van der Waals surface area contributed by atoms with Gasteiger partial charge in [0.2, 0.25) is 0 Å². The molecule has 0 amide bonds. The van der Waals surface area contributed by atoms with Gasteiger partial charge in [-0.15, -0.1) is 0 Å². The first-order valence-corrected chi connectivity index (χ1v) is 11.3. The van der Waals surface area contributed by atoms with E-state index in [1.807, 2.05) is 66.7 Å². The lowest BCUT2D eigenvalue weighted by atomic mass is 9.84. The van der Waals surface area contributed by atoms with E-state index in [-0.39, 0.29) is 25.1 Å². The largest absolute Gasteiger partial charge is 0.481 e. The zero-order chi connectivity index (χ0) is 23.2. The highest BCUT2D eigenvalue weighted by Gasteiger charge is 2.44. The number of carboxylic acid groups (broad SMARTS) is 1. The van der Waals surface area contributed by atoms with Crippen molar-refractivity contribution in [1.29, 1.82) is 0 Å². The van der Waals surface area contributed by atoms with Crippen LogP contribution in [-0.2, 0) is 9.53 Å². The van der Waals surface area contributed by atoms with Gasteiger partial charge in [-0.3, -0.25) is 9.59 Å². The van der Waals surface area contributed by atoms with Crippen LogP contribution < -0.4 is 4.74 Å². The SMILES string of the molecule is O=C(c1ccc(-c2ccc(Cl)cc2)cc1)C1CCC(COCOc2ccccc2)C1C(=O)O. The first-order valence-electron chi connectivity index (χ1n) is 10.9. The average molecular weight is 465 g/mol. The molecule has 3 aromatic rings. The van der Waals surface area contributed by atoms with Crippen LogP contribution in [-0.4, -0.2) is 30.3 Å². The number of Topliss-reactive ketones (excluding diaryl/α,β-unsaturated/α-hetero) is 1. The van der Waals surface area contributed by atoms with Gasteiger partial charge in [0, 0.05) is 16.5 Å². The number of para-hydroxylation sites is 1. The van der Waals surface area contributed by atoms with E-state index in [1.54, 1.807) is 12.1 Å². The minimum absolute atomic E-state index is 0.0393. The van der Waals surface area contributed by atoms with Crippen LogP contribution in [0.5, 0.6) is 5.75 Å². The van der Waals surface area contributed by atoms with Crippen molar-refractivity contribution in [3.63, 3.8) is 0 Å². The first-order chi connectivity index (χ1) is 16.0. The van der Waals surface area contributed by atoms with Gasteiger partial charge in [-0.25, -0.2) is 0 Å². The lowest BCUT2D eigenvalue weighted by molar-refractivity contribution is -0.145. The van der Waals surface area contributed by atoms with E-state index in [0.717, 1.165) is 11.1 Å². The molecule has 3 atom stereocenters. The number of carbonyl (C=O) groups is 2. The lowest BCUT2D eigenvalue weighted by Crippen LogP contribution is -2.31. The van der Waals surface area contributed by atoms with Crippen molar-refractivity contribution in [3.05, 3.63) is 89.4 Å². The third-order valence-corrected chi connectivity index (χ3v) is 6.39. The van der Waals surface area contributed by atoms with Gasteiger partial charge in [-0.05, 0) is 54.2 Å². The van der Waals surface area contributed by atoms with Crippen molar-refractivity contribution in [2.24, 2.45) is 17.8 Å². The maximum absolute atomic E-state index is 13.2. The maximum atomic E-state index is 13.2. The Bertz CT molecular complexity index is 1080. The number of ether oxygens (including phenoxy) is 2. The van der Waals surface area contributed by atoms with E-state index in [4.69, 9.17) is 21.1 Å². The molecule has 3 unspecified atom stereocenters. The molecule has 0 bridgehead atoms. The second-order valence-electron chi connectivity index (χ2n) is 8.20. The number of carboxylic acids is 1. The van der Waals surface area contributed by atoms with Crippen LogP contribution in [0.15, 0.2) is 78.9 Å². The van der Waals surface area contributed by atoms with Crippen molar-refractivity contribution >= 4 is 23.4 Å². The third-order valence-electron chi connectivity index (χ3n) is 6.14. The highest BCUT2D eigenvalue weighted by Crippen LogP contribution is 2.39. The fraction of sp³-hybridized carbons (Fsp3) is 0.259. The quantitative estimate of drug-likeness (QED) is 0.240. The zero-order valence-corrected chi connectivity index (χ0v) is 18.8. The molecule has 0 aromatic heterocycles. The van der Waals surface area contributed by atoms with Crippen molar-refractivity contribution in [2.45, 2.75) is 12.8 Å². The summed E-state index contributed by atoms with van der Waals surface area (Å²) in [6.07, 6.45) is 1.16. The summed E-state index contributed by atoms with van der Waals surface area (Å²) < 4.78 is 11.1. The molecule has 1 saturated carbocycles. The molecule has 0 saturated heterocycles. The van der Waals surface area contributed by atoms with Crippen LogP contribution in [0, 0.1) is 17.8 Å². The van der Waals surface area contributed by atoms with Crippen LogP contribution in [0.3, 0.4) is 0 Å². The molecular weight excluding hydrogens is 440 g/mol. The van der Waals surface area contributed by atoms with Crippen LogP contribution in [0.1, 0.15) is 23.2 Å². The minimum Gasteiger partial charge on any atom is -0.481 e. The molecule has 0 spiro atoms. The topological polar surface area (TPSA) is 72.8 Å². The molecule has 5 nitrogen and oxygen atoms in total. The first kappa shape index (κ1) is 23.0. The number of halogens is 1. The number of aliphatic carboxylic acids is 1. The van der Waals surface area contributed by atoms with Gasteiger partial charge in [-0.1, -0.05) is 66.2 Å². The van der Waals surface area contributed by atoms with Gasteiger partial charge < -0.3 is 14.6 Å². The molecule has 0 heterocycles. The minimum atomic E-state index is -0.957. The number of ketones is 1. The van der Waals surface area contributed by atoms with E-state index in [9.17, 15) is 14.7 Å². The Morgan fingerprint density at radius 2 is 1.52 bits per heavy atom. The number of benzene rings is 3. The third kappa shape index (κ3) is 5.62. The van der Waals surface area contributed by atoms with Crippen LogP contribution in [0.25, 0.3) is 11.1 Å². The van der Waals surface area contributed by atoms with Gasteiger partial charge in [0.05, 0.1) is 12.5 Å². The van der Waals surface area contributed by atoms with Gasteiger partial charge in [0.1, 0.15) is 5.75 Å². The Morgan fingerprint density at radius 1 is 0.879 bits per heavy atom. The summed E-state index contributed by atoms with van der Waals surface area (Å²) in [5.74, 6) is -1.97. The summed E-state index contributed by atoms with van der Waals surface area (Å²) in [5.41, 5.74) is 2.49. The number of carbonyl (C=O) groups excluding carboxylic acids is 1. The van der Waals surface area contributed by atoms with Crippen LogP contribution in [0.2, 0.25) is 5.02 Å². The van der Waals surface area contributed by atoms with E-state index >= 15 is 0 Å². The van der Waals surface area contributed by atoms with Crippen molar-refractivity contribution in [2.75, 3.05) is 13.4 Å². The smallest absolute Gasteiger partial charge is 0.307 e. The fourth-order valence-corrected chi connectivity index (χ4v) is 4.57. The summed E-state index contributed by atoms with van der Waals surface area (Å²) >= 11 is 5.95. The summed E-state index contributed by atoms with van der Waals surface area (Å²) in [4.78, 5) is 25.2. The molecule has 1 aliphatic rings. The van der Waals surface area contributed by atoms with E-state index in [2.05, 4.69) is 0 Å². The lowest BCUT2D eigenvalue weighted by Gasteiger charge is -2.20. The predicted molar refractivity (Wildman–Crippen MR) is 126 cm³/mol. The van der Waals surface area contributed by atoms with Gasteiger partial charge in [0.25, 0.3) is 0 Å². The number of rotatable bonds is 9. The number of hydrogen-bond donors (Lipinski definition) is 1. The normalized spacial score (nSPS) is 19.8. The highest BCUT2D eigenvalue weighted by molar-refractivity contribution is 6.30. The molecule has 3 aromatic carbocycles. The second-order valence-corrected chi connectivity index (χ2v) is 8.64. The molecule has 1 N–H and O–H groups in total. The average Bonchev–Trinajstić information content (AvgIpc) is 3.27. The van der Waals surface area contributed by atoms with Crippen molar-refractivity contribution < 1.29 is 24.2 Å². The fourth-order valence-electron chi connectivity index (χ4n) is 4.45. The molecule has 1 aliphatic carbocycles. The predicted octanol–water partition coefficient (Wildman–Crippen LogP) is 5.97. The zero-order valence-electron chi connectivity index (χ0n) is 18.0.